The van der Waals surface area contributed by atoms with Crippen LogP contribution < -0.4 is 4.74 Å². The number of hydrogen-bond donors (Lipinski definition) is 0. The molecule has 2 aliphatic heterocycles. The first kappa shape index (κ1) is 18.1. The first-order valence-electron chi connectivity index (χ1n) is 9.36. The van der Waals surface area contributed by atoms with Gasteiger partial charge in [0.15, 0.2) is 0 Å². The van der Waals surface area contributed by atoms with Gasteiger partial charge >= 0.3 is 6.09 Å². The van der Waals surface area contributed by atoms with Crippen molar-refractivity contribution >= 4 is 17.7 Å². The van der Waals surface area contributed by atoms with Gasteiger partial charge in [0.1, 0.15) is 11.5 Å². The molecular weight excluding hydrogens is 364 g/mol. The van der Waals surface area contributed by atoms with Gasteiger partial charge in [0.2, 0.25) is 0 Å². The standard InChI is InChI=1S/C21H23ClN2O3/c1-2-26-21(25)24-11-9-23(10-12-24)18-13-15-5-3-4-6-19(15)27-20-8-7-16(22)14-17(18)20/h3-8,14,18H,2,9-13H2,1H3. The summed E-state index contributed by atoms with van der Waals surface area (Å²) in [5.41, 5.74) is 2.28. The van der Waals surface area contributed by atoms with Crippen molar-refractivity contribution in [3.05, 3.63) is 58.6 Å². The summed E-state index contributed by atoms with van der Waals surface area (Å²) in [6.07, 6.45) is 0.623. The molecule has 0 spiro atoms. The monoisotopic (exact) mass is 386 g/mol. The van der Waals surface area contributed by atoms with Crippen molar-refractivity contribution in [3.8, 4) is 11.5 Å². The van der Waals surface area contributed by atoms with Crippen LogP contribution in [0.2, 0.25) is 5.02 Å². The smallest absolute Gasteiger partial charge is 0.409 e. The zero-order valence-electron chi connectivity index (χ0n) is 15.4. The van der Waals surface area contributed by atoms with Gasteiger partial charge in [-0.25, -0.2) is 4.79 Å². The van der Waals surface area contributed by atoms with Gasteiger partial charge in [0.05, 0.1) is 6.61 Å². The van der Waals surface area contributed by atoms with Crippen LogP contribution in [0.4, 0.5) is 4.79 Å². The largest absolute Gasteiger partial charge is 0.457 e. The van der Waals surface area contributed by atoms with Crippen molar-refractivity contribution in [2.75, 3.05) is 32.8 Å². The molecule has 6 heteroatoms. The van der Waals surface area contributed by atoms with E-state index in [9.17, 15) is 4.79 Å². The summed E-state index contributed by atoms with van der Waals surface area (Å²) in [5.74, 6) is 1.75. The number of ether oxygens (including phenoxy) is 2. The van der Waals surface area contributed by atoms with Gasteiger partial charge in [-0.1, -0.05) is 29.8 Å². The van der Waals surface area contributed by atoms with Crippen molar-refractivity contribution in [1.29, 1.82) is 0 Å². The molecule has 0 radical (unpaired) electrons. The molecule has 4 rings (SSSR count). The summed E-state index contributed by atoms with van der Waals surface area (Å²) in [6, 6.07) is 14.1. The molecule has 27 heavy (non-hydrogen) atoms. The highest BCUT2D eigenvalue weighted by atomic mass is 35.5. The van der Waals surface area contributed by atoms with Gasteiger partial charge in [0.25, 0.3) is 0 Å². The molecule has 1 saturated heterocycles. The molecule has 2 aromatic carbocycles. The van der Waals surface area contributed by atoms with E-state index in [2.05, 4.69) is 11.0 Å². The Bertz CT molecular complexity index is 834. The molecule has 2 aliphatic rings. The van der Waals surface area contributed by atoms with Crippen LogP contribution in [-0.2, 0) is 11.2 Å². The number of nitrogens with zero attached hydrogens (tertiary/aromatic N) is 2. The van der Waals surface area contributed by atoms with Crippen LogP contribution in [0.15, 0.2) is 42.5 Å². The molecule has 0 aromatic heterocycles. The normalized spacial score (nSPS) is 19.5. The lowest BCUT2D eigenvalue weighted by molar-refractivity contribution is 0.0657. The van der Waals surface area contributed by atoms with E-state index < -0.39 is 0 Å². The maximum absolute atomic E-state index is 12.0. The third kappa shape index (κ3) is 3.75. The number of rotatable bonds is 2. The van der Waals surface area contributed by atoms with Crippen LogP contribution in [0.1, 0.15) is 24.1 Å². The molecule has 1 atom stereocenters. The van der Waals surface area contributed by atoms with Gasteiger partial charge in [-0.05, 0) is 43.2 Å². The van der Waals surface area contributed by atoms with Crippen LogP contribution in [0.3, 0.4) is 0 Å². The molecule has 1 amide bonds. The van der Waals surface area contributed by atoms with E-state index in [1.54, 1.807) is 4.90 Å². The van der Waals surface area contributed by atoms with E-state index in [0.717, 1.165) is 36.6 Å². The van der Waals surface area contributed by atoms with Crippen molar-refractivity contribution in [1.82, 2.24) is 9.80 Å². The van der Waals surface area contributed by atoms with E-state index >= 15 is 0 Å². The number of hydrogen-bond acceptors (Lipinski definition) is 4. The van der Waals surface area contributed by atoms with Gasteiger partial charge in [-0.15, -0.1) is 0 Å². The maximum atomic E-state index is 12.0. The SMILES string of the molecule is CCOC(=O)N1CCN(C2Cc3ccccc3Oc3ccc(Cl)cc32)CC1. The molecule has 0 aliphatic carbocycles. The Morgan fingerprint density at radius 2 is 1.93 bits per heavy atom. The van der Waals surface area contributed by atoms with Crippen LogP contribution >= 0.6 is 11.6 Å². The molecule has 142 valence electrons. The maximum Gasteiger partial charge on any atom is 0.409 e. The quantitative estimate of drug-likeness (QED) is 0.761. The number of piperazine rings is 1. The number of carbonyl (C=O) groups is 1. The average molecular weight is 387 g/mol. The van der Waals surface area contributed by atoms with Crippen molar-refractivity contribution in [3.63, 3.8) is 0 Å². The van der Waals surface area contributed by atoms with Gasteiger partial charge in [-0.3, -0.25) is 4.90 Å². The van der Waals surface area contributed by atoms with Crippen LogP contribution in [0.25, 0.3) is 0 Å². The Kier molecular flexibility index (Phi) is 5.23. The fourth-order valence-electron chi connectivity index (χ4n) is 3.84. The lowest BCUT2D eigenvalue weighted by atomic mass is 9.96. The van der Waals surface area contributed by atoms with Crippen molar-refractivity contribution in [2.24, 2.45) is 0 Å². The van der Waals surface area contributed by atoms with E-state index in [-0.39, 0.29) is 12.1 Å². The summed E-state index contributed by atoms with van der Waals surface area (Å²) in [6.45, 7) is 5.14. The third-order valence-corrected chi connectivity index (χ3v) is 5.45. The minimum absolute atomic E-state index is 0.159. The molecule has 1 fully saturated rings. The van der Waals surface area contributed by atoms with Crippen LogP contribution in [-0.4, -0.2) is 48.7 Å². The lowest BCUT2D eigenvalue weighted by Gasteiger charge is -2.38. The Hall–Kier alpha value is -2.24. The van der Waals surface area contributed by atoms with Crippen LogP contribution in [0, 0.1) is 0 Å². The fraction of sp³-hybridized carbons (Fsp3) is 0.381. The average Bonchev–Trinajstić information content (AvgIpc) is 2.85. The van der Waals surface area contributed by atoms with Gasteiger partial charge < -0.3 is 14.4 Å². The second-order valence-corrected chi connectivity index (χ2v) is 7.27. The first-order chi connectivity index (χ1) is 13.2. The summed E-state index contributed by atoms with van der Waals surface area (Å²) in [4.78, 5) is 16.2. The number of amides is 1. The number of carbonyl (C=O) groups excluding carboxylic acids is 1. The highest BCUT2D eigenvalue weighted by molar-refractivity contribution is 6.30. The zero-order chi connectivity index (χ0) is 18.8. The number of fused-ring (bicyclic) bond motifs is 2. The second kappa shape index (κ2) is 7.79. The fourth-order valence-corrected chi connectivity index (χ4v) is 4.02. The highest BCUT2D eigenvalue weighted by Gasteiger charge is 2.32. The summed E-state index contributed by atoms with van der Waals surface area (Å²) in [7, 11) is 0. The predicted molar refractivity (Wildman–Crippen MR) is 105 cm³/mol. The molecule has 0 bridgehead atoms. The minimum Gasteiger partial charge on any atom is -0.457 e. The molecular formula is C21H23ClN2O3. The number of para-hydroxylation sites is 1. The topological polar surface area (TPSA) is 42.0 Å². The zero-order valence-corrected chi connectivity index (χ0v) is 16.1. The Labute approximate surface area is 164 Å². The van der Waals surface area contributed by atoms with Crippen molar-refractivity contribution < 1.29 is 14.3 Å². The Morgan fingerprint density at radius 3 is 2.70 bits per heavy atom. The number of benzene rings is 2. The molecule has 2 aromatic rings. The lowest BCUT2D eigenvalue weighted by Crippen LogP contribution is -2.50. The minimum atomic E-state index is -0.227. The van der Waals surface area contributed by atoms with E-state index in [1.165, 1.54) is 5.56 Å². The summed E-state index contributed by atoms with van der Waals surface area (Å²) >= 11 is 6.30. The molecule has 0 N–H and O–H groups in total. The summed E-state index contributed by atoms with van der Waals surface area (Å²) in [5, 5.41) is 0.707. The van der Waals surface area contributed by atoms with Gasteiger partial charge in [0, 0.05) is 42.8 Å². The molecule has 5 nitrogen and oxygen atoms in total. The molecule has 2 heterocycles. The third-order valence-electron chi connectivity index (χ3n) is 5.22. The second-order valence-electron chi connectivity index (χ2n) is 6.83. The Balaban J connectivity index is 1.60. The van der Waals surface area contributed by atoms with E-state index in [1.807, 2.05) is 43.3 Å². The first-order valence-corrected chi connectivity index (χ1v) is 9.74. The van der Waals surface area contributed by atoms with E-state index in [4.69, 9.17) is 21.1 Å². The molecule has 1 unspecified atom stereocenters. The Morgan fingerprint density at radius 1 is 1.15 bits per heavy atom. The molecule has 0 saturated carbocycles. The summed E-state index contributed by atoms with van der Waals surface area (Å²) < 4.78 is 11.3. The van der Waals surface area contributed by atoms with Crippen LogP contribution in [0.5, 0.6) is 11.5 Å². The highest BCUT2D eigenvalue weighted by Crippen LogP contribution is 2.42. The van der Waals surface area contributed by atoms with Gasteiger partial charge in [-0.2, -0.15) is 0 Å². The number of halogens is 1. The predicted octanol–water partition coefficient (Wildman–Crippen LogP) is 4.50. The van der Waals surface area contributed by atoms with E-state index in [0.29, 0.717) is 24.7 Å². The van der Waals surface area contributed by atoms with Crippen molar-refractivity contribution in [2.45, 2.75) is 19.4 Å².